The number of hydrogen-bond acceptors (Lipinski definition) is 7. The average molecular weight is 515 g/mol. The molecule has 4 heterocycles. The van der Waals surface area contributed by atoms with E-state index in [1.165, 1.54) is 6.07 Å². The van der Waals surface area contributed by atoms with E-state index < -0.39 is 0 Å². The smallest absolute Gasteiger partial charge is 0.178 e. The van der Waals surface area contributed by atoms with Gasteiger partial charge in [-0.15, -0.1) is 11.8 Å². The number of thioether (sulfide) groups is 1. The molecule has 1 N–H and O–H groups in total. The molecule has 8 nitrogen and oxygen atoms in total. The Bertz CT molecular complexity index is 1250. The van der Waals surface area contributed by atoms with E-state index in [-0.39, 0.29) is 24.0 Å². The maximum atomic E-state index is 15.2. The number of benzene rings is 1. The molecule has 2 aromatic heterocycles. The van der Waals surface area contributed by atoms with Gasteiger partial charge in [-0.1, -0.05) is 0 Å². The summed E-state index contributed by atoms with van der Waals surface area (Å²) >= 11 is 1.60. The number of fused-ring (bicyclic) bond motifs is 3. The second-order valence-corrected chi connectivity index (χ2v) is 11.9. The molecule has 194 valence electrons. The van der Waals surface area contributed by atoms with Crippen molar-refractivity contribution in [1.29, 1.82) is 0 Å². The number of ether oxygens (including phenoxy) is 1. The summed E-state index contributed by atoms with van der Waals surface area (Å²) in [6, 6.07) is 3.56. The van der Waals surface area contributed by atoms with Gasteiger partial charge in [0.15, 0.2) is 5.82 Å². The van der Waals surface area contributed by atoms with Gasteiger partial charge in [0.1, 0.15) is 35.5 Å². The second-order valence-electron chi connectivity index (χ2n) is 10.6. The number of imidazole rings is 1. The van der Waals surface area contributed by atoms with Crippen molar-refractivity contribution in [1.82, 2.24) is 29.2 Å². The fraction of sp³-hybridized carbons (Fsp3) is 0.577. The predicted octanol–water partition coefficient (Wildman–Crippen LogP) is 4.56. The van der Waals surface area contributed by atoms with E-state index in [1.807, 2.05) is 23.9 Å². The van der Waals surface area contributed by atoms with Gasteiger partial charge >= 0.3 is 0 Å². The maximum Gasteiger partial charge on any atom is 0.178 e. The number of nitrogens with zero attached hydrogens (tertiary/aromatic N) is 6. The van der Waals surface area contributed by atoms with Crippen LogP contribution in [0.15, 0.2) is 23.2 Å². The quantitative estimate of drug-likeness (QED) is 0.517. The molecule has 1 aromatic carbocycles. The average Bonchev–Trinajstić information content (AvgIpc) is 3.40. The lowest BCUT2D eigenvalue weighted by Gasteiger charge is -2.41. The Kier molecular flexibility index (Phi) is 6.86. The number of aliphatic hydroxyl groups is 1. The first kappa shape index (κ1) is 25.2. The molecule has 36 heavy (non-hydrogen) atoms. The van der Waals surface area contributed by atoms with Crippen LogP contribution in [-0.4, -0.2) is 71.4 Å². The standard InChI is InChI=1S/C26H35FN6O2S/c1-16(2)33-25(28-17(3)30-33)21-14-31-10-11-35-22-13-20(27)23(12-19(22)24(31)29-21)36-18-6-8-32(9-7-18)26(4,5)15-34/h12-14,16,18,34H,6-11,15H2,1-5H3. The largest absolute Gasteiger partial charge is 0.491 e. The molecular formula is C26H35FN6O2S. The molecule has 0 amide bonds. The molecule has 1 fully saturated rings. The van der Waals surface area contributed by atoms with Crippen LogP contribution in [0.1, 0.15) is 52.4 Å². The van der Waals surface area contributed by atoms with Crippen molar-refractivity contribution in [3.63, 3.8) is 0 Å². The molecular weight excluding hydrogens is 479 g/mol. The van der Waals surface area contributed by atoms with Gasteiger partial charge in [-0.25, -0.2) is 19.0 Å². The fourth-order valence-electron chi connectivity index (χ4n) is 4.91. The van der Waals surface area contributed by atoms with Crippen LogP contribution in [0, 0.1) is 12.7 Å². The number of piperidine rings is 1. The van der Waals surface area contributed by atoms with E-state index in [4.69, 9.17) is 9.72 Å². The number of hydrogen-bond donors (Lipinski definition) is 1. The molecule has 0 saturated carbocycles. The van der Waals surface area contributed by atoms with Gasteiger partial charge in [0.25, 0.3) is 0 Å². The van der Waals surface area contributed by atoms with E-state index in [9.17, 15) is 5.11 Å². The van der Waals surface area contributed by atoms with Crippen LogP contribution < -0.4 is 4.74 Å². The topological polar surface area (TPSA) is 81.2 Å². The summed E-state index contributed by atoms with van der Waals surface area (Å²) in [4.78, 5) is 12.5. The van der Waals surface area contributed by atoms with Gasteiger partial charge in [0.2, 0.25) is 0 Å². The van der Waals surface area contributed by atoms with Gasteiger partial charge in [-0.2, -0.15) is 5.10 Å². The molecule has 0 atom stereocenters. The Morgan fingerprint density at radius 2 is 1.92 bits per heavy atom. The van der Waals surface area contributed by atoms with Gasteiger partial charge in [-0.05, 0) is 66.6 Å². The van der Waals surface area contributed by atoms with Gasteiger partial charge < -0.3 is 14.4 Å². The van der Waals surface area contributed by atoms with Crippen molar-refractivity contribution in [2.45, 2.75) is 75.7 Å². The summed E-state index contributed by atoms with van der Waals surface area (Å²) in [5, 5.41) is 14.5. The zero-order valence-electron chi connectivity index (χ0n) is 21.7. The Hall–Kier alpha value is -2.43. The zero-order valence-corrected chi connectivity index (χ0v) is 22.5. The van der Waals surface area contributed by atoms with E-state index in [0.29, 0.717) is 34.9 Å². The van der Waals surface area contributed by atoms with E-state index in [2.05, 4.69) is 47.2 Å². The Balaban J connectivity index is 1.43. The highest BCUT2D eigenvalue weighted by molar-refractivity contribution is 8.00. The fourth-order valence-corrected chi connectivity index (χ4v) is 6.07. The third-order valence-corrected chi connectivity index (χ3v) is 8.45. The van der Waals surface area contributed by atoms with Gasteiger partial charge in [0, 0.05) is 34.0 Å². The van der Waals surface area contributed by atoms with Crippen molar-refractivity contribution in [3.8, 4) is 28.7 Å². The van der Waals surface area contributed by atoms with E-state index in [1.54, 1.807) is 11.8 Å². The second kappa shape index (κ2) is 9.79. The summed E-state index contributed by atoms with van der Waals surface area (Å²) in [7, 11) is 0. The summed E-state index contributed by atoms with van der Waals surface area (Å²) in [5.41, 5.74) is 1.33. The third-order valence-electron chi connectivity index (χ3n) is 7.08. The van der Waals surface area contributed by atoms with Gasteiger partial charge in [0.05, 0.1) is 18.7 Å². The first-order valence-corrected chi connectivity index (χ1v) is 13.5. The molecule has 0 bridgehead atoms. The molecule has 3 aromatic rings. The molecule has 1 saturated heterocycles. The van der Waals surface area contributed by atoms with Crippen LogP contribution in [0.5, 0.6) is 5.75 Å². The minimum atomic E-state index is -0.257. The van der Waals surface area contributed by atoms with Crippen molar-refractivity contribution >= 4 is 11.8 Å². The first-order valence-electron chi connectivity index (χ1n) is 12.7. The van der Waals surface area contributed by atoms with Crippen molar-refractivity contribution in [2.75, 3.05) is 26.3 Å². The number of likely N-dealkylation sites (tertiary alicyclic amines) is 1. The number of halogens is 1. The van der Waals surface area contributed by atoms with Crippen LogP contribution in [0.4, 0.5) is 4.39 Å². The zero-order chi connectivity index (χ0) is 25.6. The first-order chi connectivity index (χ1) is 17.2. The van der Waals surface area contributed by atoms with E-state index >= 15 is 4.39 Å². The van der Waals surface area contributed by atoms with Crippen molar-refractivity contribution in [3.05, 3.63) is 30.0 Å². The van der Waals surface area contributed by atoms with Gasteiger partial charge in [-0.3, -0.25) is 4.90 Å². The normalized spacial score (nSPS) is 17.1. The van der Waals surface area contributed by atoms with Crippen molar-refractivity contribution in [2.24, 2.45) is 0 Å². The van der Waals surface area contributed by atoms with Crippen LogP contribution >= 0.6 is 11.8 Å². The summed E-state index contributed by atoms with van der Waals surface area (Å²) in [5.74, 6) is 2.47. The molecule has 5 rings (SSSR count). The van der Waals surface area contributed by atoms with E-state index in [0.717, 1.165) is 48.8 Å². The van der Waals surface area contributed by atoms with Crippen molar-refractivity contribution < 1.29 is 14.2 Å². The lowest BCUT2D eigenvalue weighted by atomic mass is 9.99. The number of aliphatic hydroxyl groups excluding tert-OH is 1. The van der Waals surface area contributed by atoms with Crippen LogP contribution in [0.2, 0.25) is 0 Å². The summed E-state index contributed by atoms with van der Waals surface area (Å²) in [6.45, 7) is 13.1. The van der Waals surface area contributed by atoms with Crippen LogP contribution in [0.25, 0.3) is 22.9 Å². The molecule has 10 heteroatoms. The minimum Gasteiger partial charge on any atom is -0.491 e. The monoisotopic (exact) mass is 514 g/mol. The molecule has 0 unspecified atom stereocenters. The molecule has 2 aliphatic heterocycles. The molecule has 2 aliphatic rings. The highest BCUT2D eigenvalue weighted by Gasteiger charge is 2.31. The molecule has 0 radical (unpaired) electrons. The Labute approximate surface area is 215 Å². The molecule has 0 aliphatic carbocycles. The SMILES string of the molecule is Cc1nc(-c2cn3c(n2)-c2cc(SC4CCN(C(C)(C)CO)CC4)c(F)cc2OCC3)n(C(C)C)n1. The number of rotatable bonds is 6. The Morgan fingerprint density at radius 1 is 1.17 bits per heavy atom. The predicted molar refractivity (Wildman–Crippen MR) is 139 cm³/mol. The highest BCUT2D eigenvalue weighted by atomic mass is 32.2. The minimum absolute atomic E-state index is 0.131. The lowest BCUT2D eigenvalue weighted by Crippen LogP contribution is -2.50. The number of aromatic nitrogens is 5. The summed E-state index contributed by atoms with van der Waals surface area (Å²) in [6.07, 6.45) is 3.89. The molecule has 0 spiro atoms. The third kappa shape index (κ3) is 4.78. The highest BCUT2D eigenvalue weighted by Crippen LogP contribution is 2.41. The number of aryl methyl sites for hydroxylation is 1. The van der Waals surface area contributed by atoms with Crippen LogP contribution in [-0.2, 0) is 6.54 Å². The summed E-state index contributed by atoms with van der Waals surface area (Å²) < 4.78 is 25.1. The Morgan fingerprint density at radius 3 is 2.61 bits per heavy atom. The van der Waals surface area contributed by atoms with Crippen LogP contribution in [0.3, 0.4) is 0 Å². The lowest BCUT2D eigenvalue weighted by molar-refractivity contribution is 0.0437. The maximum absolute atomic E-state index is 15.2.